The molecule has 28 heavy (non-hydrogen) atoms. The van der Waals surface area contributed by atoms with Gasteiger partial charge in [0, 0.05) is 49.6 Å². The van der Waals surface area contributed by atoms with E-state index in [-0.39, 0.29) is 5.91 Å². The van der Waals surface area contributed by atoms with Crippen molar-refractivity contribution < 1.29 is 23.7 Å². The lowest BCUT2D eigenvalue weighted by Crippen LogP contribution is -2.48. The molecule has 0 radical (unpaired) electrons. The van der Waals surface area contributed by atoms with Crippen LogP contribution in [-0.2, 0) is 0 Å². The van der Waals surface area contributed by atoms with Gasteiger partial charge in [-0.15, -0.1) is 0 Å². The van der Waals surface area contributed by atoms with Crippen molar-refractivity contribution in [1.82, 2.24) is 4.90 Å². The first-order valence-electron chi connectivity index (χ1n) is 9.35. The molecule has 0 saturated carbocycles. The highest BCUT2D eigenvalue weighted by Gasteiger charge is 2.24. The molecule has 0 atom stereocenters. The smallest absolute Gasteiger partial charge is 0.254 e. The van der Waals surface area contributed by atoms with Crippen LogP contribution in [0, 0.1) is 0 Å². The Hall–Kier alpha value is -3.09. The summed E-state index contributed by atoms with van der Waals surface area (Å²) in [4.78, 5) is 17.1. The number of carbonyl (C=O) groups is 1. The van der Waals surface area contributed by atoms with Gasteiger partial charge in [0.15, 0.2) is 11.5 Å². The van der Waals surface area contributed by atoms with E-state index in [1.165, 1.54) is 0 Å². The van der Waals surface area contributed by atoms with E-state index in [4.69, 9.17) is 18.9 Å². The standard InChI is InChI=1S/C21H24N2O5/c1-25-17-11-15(12-18(14-17)26-2)21(24)23-7-5-22(6-8-23)16-3-4-19-20(13-16)28-10-9-27-19/h3-4,11-14H,5-10H2,1-2H3. The van der Waals surface area contributed by atoms with Gasteiger partial charge in [0.25, 0.3) is 5.91 Å². The van der Waals surface area contributed by atoms with Crippen LogP contribution in [0.1, 0.15) is 10.4 Å². The zero-order valence-electron chi connectivity index (χ0n) is 16.1. The molecule has 1 saturated heterocycles. The maximum absolute atomic E-state index is 12.9. The zero-order valence-corrected chi connectivity index (χ0v) is 16.1. The Labute approximate surface area is 164 Å². The molecule has 2 aromatic carbocycles. The first-order chi connectivity index (χ1) is 13.7. The van der Waals surface area contributed by atoms with E-state index in [9.17, 15) is 4.79 Å². The summed E-state index contributed by atoms with van der Waals surface area (Å²) in [6.07, 6.45) is 0. The Balaban J connectivity index is 1.43. The highest BCUT2D eigenvalue weighted by molar-refractivity contribution is 5.95. The van der Waals surface area contributed by atoms with Gasteiger partial charge in [-0.1, -0.05) is 0 Å². The highest BCUT2D eigenvalue weighted by atomic mass is 16.6. The predicted octanol–water partition coefficient (Wildman–Crippen LogP) is 2.44. The maximum atomic E-state index is 12.9. The average Bonchev–Trinajstić information content (AvgIpc) is 2.78. The summed E-state index contributed by atoms with van der Waals surface area (Å²) < 4.78 is 21.8. The van der Waals surface area contributed by atoms with E-state index in [1.807, 2.05) is 23.1 Å². The predicted molar refractivity (Wildman–Crippen MR) is 105 cm³/mol. The summed E-state index contributed by atoms with van der Waals surface area (Å²) >= 11 is 0. The molecule has 2 aliphatic heterocycles. The van der Waals surface area contributed by atoms with E-state index in [1.54, 1.807) is 32.4 Å². The third-order valence-corrected chi connectivity index (χ3v) is 5.06. The second kappa shape index (κ2) is 7.88. The minimum absolute atomic E-state index is 0.0148. The van der Waals surface area contributed by atoms with Crippen LogP contribution in [0.5, 0.6) is 23.0 Å². The number of ether oxygens (including phenoxy) is 4. The van der Waals surface area contributed by atoms with E-state index in [2.05, 4.69) is 4.90 Å². The molecule has 2 aliphatic rings. The van der Waals surface area contributed by atoms with Crippen molar-refractivity contribution in [3.05, 3.63) is 42.0 Å². The summed E-state index contributed by atoms with van der Waals surface area (Å²) in [5.74, 6) is 2.77. The van der Waals surface area contributed by atoms with Crippen molar-refractivity contribution in [2.24, 2.45) is 0 Å². The molecule has 1 fully saturated rings. The number of nitrogens with zero attached hydrogens (tertiary/aromatic N) is 2. The Kier molecular flexibility index (Phi) is 5.14. The summed E-state index contributed by atoms with van der Waals surface area (Å²) in [6.45, 7) is 3.96. The number of carbonyl (C=O) groups excluding carboxylic acids is 1. The number of rotatable bonds is 4. The molecule has 0 aromatic heterocycles. The fraction of sp³-hybridized carbons (Fsp3) is 0.381. The fourth-order valence-electron chi connectivity index (χ4n) is 3.51. The second-order valence-electron chi connectivity index (χ2n) is 6.71. The molecule has 4 rings (SSSR count). The monoisotopic (exact) mass is 384 g/mol. The molecule has 7 heteroatoms. The third-order valence-electron chi connectivity index (χ3n) is 5.06. The highest BCUT2D eigenvalue weighted by Crippen LogP contribution is 2.34. The molecule has 0 aliphatic carbocycles. The van der Waals surface area contributed by atoms with Crippen LogP contribution in [0.25, 0.3) is 0 Å². The zero-order chi connectivity index (χ0) is 19.5. The van der Waals surface area contributed by atoms with E-state index in [0.29, 0.717) is 43.4 Å². The van der Waals surface area contributed by atoms with Gasteiger partial charge in [-0.2, -0.15) is 0 Å². The summed E-state index contributed by atoms with van der Waals surface area (Å²) in [5.41, 5.74) is 1.66. The van der Waals surface area contributed by atoms with E-state index in [0.717, 1.165) is 30.3 Å². The van der Waals surface area contributed by atoms with Crippen molar-refractivity contribution in [2.45, 2.75) is 0 Å². The number of benzene rings is 2. The SMILES string of the molecule is COc1cc(OC)cc(C(=O)N2CCN(c3ccc4c(c3)OCCO4)CC2)c1. The van der Waals surface area contributed by atoms with E-state index < -0.39 is 0 Å². The first-order valence-corrected chi connectivity index (χ1v) is 9.35. The minimum Gasteiger partial charge on any atom is -0.497 e. The van der Waals surface area contributed by atoms with Gasteiger partial charge in [0.2, 0.25) is 0 Å². The van der Waals surface area contributed by atoms with Gasteiger partial charge in [-0.3, -0.25) is 4.79 Å². The normalized spacial score (nSPS) is 15.9. The lowest BCUT2D eigenvalue weighted by molar-refractivity contribution is 0.0746. The molecule has 148 valence electrons. The van der Waals surface area contributed by atoms with Crippen molar-refractivity contribution in [1.29, 1.82) is 0 Å². The van der Waals surface area contributed by atoms with Crippen LogP contribution >= 0.6 is 0 Å². The van der Waals surface area contributed by atoms with Gasteiger partial charge < -0.3 is 28.7 Å². The molecule has 7 nitrogen and oxygen atoms in total. The molecule has 2 aromatic rings. The molecular formula is C21H24N2O5. The maximum Gasteiger partial charge on any atom is 0.254 e. The minimum atomic E-state index is -0.0148. The van der Waals surface area contributed by atoms with Crippen LogP contribution in [0.15, 0.2) is 36.4 Å². The van der Waals surface area contributed by atoms with Crippen molar-refractivity contribution in [2.75, 3.05) is 58.5 Å². The van der Waals surface area contributed by atoms with E-state index >= 15 is 0 Å². The second-order valence-corrected chi connectivity index (χ2v) is 6.71. The number of amides is 1. The molecule has 0 unspecified atom stereocenters. The largest absolute Gasteiger partial charge is 0.497 e. The lowest BCUT2D eigenvalue weighted by Gasteiger charge is -2.36. The lowest BCUT2D eigenvalue weighted by atomic mass is 10.1. The Bertz CT molecular complexity index is 840. The van der Waals surface area contributed by atoms with Gasteiger partial charge in [0.05, 0.1) is 14.2 Å². The number of hydrogen-bond donors (Lipinski definition) is 0. The summed E-state index contributed by atoms with van der Waals surface area (Å²) in [6, 6.07) is 11.3. The van der Waals surface area contributed by atoms with Crippen LogP contribution in [0.4, 0.5) is 5.69 Å². The Morgan fingerprint density at radius 3 is 2.14 bits per heavy atom. The Morgan fingerprint density at radius 2 is 1.50 bits per heavy atom. The molecule has 0 bridgehead atoms. The number of anilines is 1. The molecule has 1 amide bonds. The topological polar surface area (TPSA) is 60.5 Å². The van der Waals surface area contributed by atoms with Crippen LogP contribution < -0.4 is 23.8 Å². The van der Waals surface area contributed by atoms with Crippen molar-refractivity contribution >= 4 is 11.6 Å². The van der Waals surface area contributed by atoms with Gasteiger partial charge in [-0.25, -0.2) is 0 Å². The number of methoxy groups -OCH3 is 2. The van der Waals surface area contributed by atoms with Gasteiger partial charge in [-0.05, 0) is 24.3 Å². The molecule has 2 heterocycles. The number of fused-ring (bicyclic) bond motifs is 1. The quantitative estimate of drug-likeness (QED) is 0.807. The van der Waals surface area contributed by atoms with Gasteiger partial charge >= 0.3 is 0 Å². The van der Waals surface area contributed by atoms with Crippen molar-refractivity contribution in [3.63, 3.8) is 0 Å². The van der Waals surface area contributed by atoms with Gasteiger partial charge in [0.1, 0.15) is 24.7 Å². The van der Waals surface area contributed by atoms with Crippen LogP contribution in [0.3, 0.4) is 0 Å². The number of hydrogen-bond acceptors (Lipinski definition) is 6. The molecular weight excluding hydrogens is 360 g/mol. The summed E-state index contributed by atoms with van der Waals surface area (Å²) in [5, 5.41) is 0. The Morgan fingerprint density at radius 1 is 0.857 bits per heavy atom. The molecule has 0 spiro atoms. The van der Waals surface area contributed by atoms with Crippen molar-refractivity contribution in [3.8, 4) is 23.0 Å². The fourth-order valence-corrected chi connectivity index (χ4v) is 3.51. The average molecular weight is 384 g/mol. The molecule has 0 N–H and O–H groups in total. The summed E-state index contributed by atoms with van der Waals surface area (Å²) in [7, 11) is 3.16. The third kappa shape index (κ3) is 3.65. The number of piperazine rings is 1. The van der Waals surface area contributed by atoms with Crippen LogP contribution in [-0.4, -0.2) is 64.4 Å². The van der Waals surface area contributed by atoms with Crippen LogP contribution in [0.2, 0.25) is 0 Å². The first kappa shape index (κ1) is 18.3.